The number of hydrogen-bond acceptors (Lipinski definition) is 2. The van der Waals surface area contributed by atoms with Crippen molar-refractivity contribution in [2.45, 2.75) is 6.92 Å². The Hall–Kier alpha value is -1.58. The predicted molar refractivity (Wildman–Crippen MR) is 41.8 cm³/mol. The summed E-state index contributed by atoms with van der Waals surface area (Å²) in [5, 5.41) is 0. The summed E-state index contributed by atoms with van der Waals surface area (Å²) in [6.45, 7) is 1.14. The van der Waals surface area contributed by atoms with E-state index in [1.807, 2.05) is 0 Å². The van der Waals surface area contributed by atoms with Gasteiger partial charge in [0, 0.05) is 11.6 Å². The fourth-order valence-electron chi connectivity index (χ4n) is 0.996. The lowest BCUT2D eigenvalue weighted by atomic mass is 10.0. The molecule has 0 N–H and O–H groups in total. The van der Waals surface area contributed by atoms with E-state index in [0.717, 1.165) is 13.0 Å². The Kier molecular flexibility index (Phi) is 2.51. The highest BCUT2D eigenvalue weighted by molar-refractivity contribution is 6.01. The summed E-state index contributed by atoms with van der Waals surface area (Å²) < 4.78 is 25.4. The van der Waals surface area contributed by atoms with Crippen molar-refractivity contribution in [1.29, 1.82) is 0 Å². The molecule has 0 unspecified atom stereocenters. The van der Waals surface area contributed by atoms with Gasteiger partial charge in [0.05, 0.1) is 5.56 Å². The normalized spacial score (nSPS) is 9.77. The van der Waals surface area contributed by atoms with Gasteiger partial charge in [-0.25, -0.2) is 8.78 Å². The van der Waals surface area contributed by atoms with Crippen molar-refractivity contribution in [2.75, 3.05) is 0 Å². The van der Waals surface area contributed by atoms with Crippen molar-refractivity contribution in [2.24, 2.45) is 0 Å². The first-order chi connectivity index (χ1) is 6.06. The Morgan fingerprint density at radius 1 is 1.38 bits per heavy atom. The highest BCUT2D eigenvalue weighted by Gasteiger charge is 2.13. The minimum Gasteiger partial charge on any atom is -0.298 e. The van der Waals surface area contributed by atoms with Crippen molar-refractivity contribution >= 4 is 12.1 Å². The van der Waals surface area contributed by atoms with Gasteiger partial charge in [0.1, 0.15) is 11.6 Å². The number of benzene rings is 1. The SMILES string of the molecule is CC(=O)c1cc(F)cc(F)c1C=O. The maximum atomic E-state index is 12.8. The van der Waals surface area contributed by atoms with E-state index in [4.69, 9.17) is 0 Å². The molecular formula is C9H6F2O2. The minimum absolute atomic E-state index is 0.200. The summed E-state index contributed by atoms with van der Waals surface area (Å²) in [7, 11) is 0. The van der Waals surface area contributed by atoms with Gasteiger partial charge in [-0.15, -0.1) is 0 Å². The quantitative estimate of drug-likeness (QED) is 0.520. The summed E-state index contributed by atoms with van der Waals surface area (Å²) in [6, 6.07) is 1.41. The highest BCUT2D eigenvalue weighted by atomic mass is 19.1. The number of aldehydes is 1. The second kappa shape index (κ2) is 3.43. The maximum absolute atomic E-state index is 12.8. The van der Waals surface area contributed by atoms with Gasteiger partial charge in [-0.2, -0.15) is 0 Å². The molecule has 13 heavy (non-hydrogen) atoms. The van der Waals surface area contributed by atoms with E-state index in [1.165, 1.54) is 0 Å². The molecule has 4 heteroatoms. The summed E-state index contributed by atoms with van der Waals surface area (Å²) in [4.78, 5) is 21.2. The molecule has 0 fully saturated rings. The number of carbonyl (C=O) groups excluding carboxylic acids is 2. The molecule has 0 amide bonds. The van der Waals surface area contributed by atoms with Gasteiger partial charge in [0.25, 0.3) is 0 Å². The lowest BCUT2D eigenvalue weighted by molar-refractivity contribution is 0.100. The minimum atomic E-state index is -1.01. The second-order valence-electron chi connectivity index (χ2n) is 2.52. The lowest BCUT2D eigenvalue weighted by Crippen LogP contribution is -2.02. The molecule has 1 aromatic rings. The third kappa shape index (κ3) is 1.77. The van der Waals surface area contributed by atoms with Crippen LogP contribution in [0.3, 0.4) is 0 Å². The molecule has 2 nitrogen and oxygen atoms in total. The summed E-state index contributed by atoms with van der Waals surface area (Å²) in [6.07, 6.45) is 0.200. The van der Waals surface area contributed by atoms with Crippen molar-refractivity contribution in [3.05, 3.63) is 34.9 Å². The molecule has 0 aromatic heterocycles. The Balaban J connectivity index is 3.46. The van der Waals surface area contributed by atoms with Crippen LogP contribution in [-0.4, -0.2) is 12.1 Å². The van der Waals surface area contributed by atoms with Gasteiger partial charge in [-0.3, -0.25) is 9.59 Å². The Labute approximate surface area is 73.2 Å². The van der Waals surface area contributed by atoms with Crippen molar-refractivity contribution in [1.82, 2.24) is 0 Å². The standard InChI is InChI=1S/C9H6F2O2/c1-5(13)7-2-6(10)3-9(11)8(7)4-12/h2-4H,1H3. The zero-order valence-corrected chi connectivity index (χ0v) is 6.80. The fourth-order valence-corrected chi connectivity index (χ4v) is 0.996. The summed E-state index contributed by atoms with van der Waals surface area (Å²) in [5.74, 6) is -2.42. The molecule has 0 saturated heterocycles. The first-order valence-electron chi connectivity index (χ1n) is 3.51. The van der Waals surface area contributed by atoms with Crippen LogP contribution in [0.2, 0.25) is 0 Å². The Morgan fingerprint density at radius 2 is 2.00 bits per heavy atom. The molecule has 0 aliphatic heterocycles. The Bertz CT molecular complexity index is 372. The number of hydrogen-bond donors (Lipinski definition) is 0. The zero-order chi connectivity index (χ0) is 10.0. The molecule has 0 aliphatic rings. The molecule has 0 bridgehead atoms. The van der Waals surface area contributed by atoms with E-state index >= 15 is 0 Å². The smallest absolute Gasteiger partial charge is 0.160 e. The number of halogens is 2. The first kappa shape index (κ1) is 9.51. The van der Waals surface area contributed by atoms with Gasteiger partial charge >= 0.3 is 0 Å². The van der Waals surface area contributed by atoms with Gasteiger partial charge < -0.3 is 0 Å². The van der Waals surface area contributed by atoms with E-state index < -0.39 is 23.0 Å². The van der Waals surface area contributed by atoms with Crippen LogP contribution in [0.15, 0.2) is 12.1 Å². The van der Waals surface area contributed by atoms with Gasteiger partial charge in [-0.1, -0.05) is 0 Å². The lowest BCUT2D eigenvalue weighted by Gasteiger charge is -2.01. The number of carbonyl (C=O) groups is 2. The topological polar surface area (TPSA) is 34.1 Å². The van der Waals surface area contributed by atoms with Crippen molar-refractivity contribution in [3.8, 4) is 0 Å². The fraction of sp³-hybridized carbons (Fsp3) is 0.111. The first-order valence-corrected chi connectivity index (χ1v) is 3.51. The molecule has 68 valence electrons. The van der Waals surface area contributed by atoms with Gasteiger partial charge in [-0.05, 0) is 13.0 Å². The van der Waals surface area contributed by atoms with E-state index in [9.17, 15) is 18.4 Å². The van der Waals surface area contributed by atoms with E-state index in [0.29, 0.717) is 6.07 Å². The number of Topliss-reactive ketones (excluding diaryl/α,β-unsaturated/α-hetero) is 1. The van der Waals surface area contributed by atoms with Crippen molar-refractivity contribution in [3.63, 3.8) is 0 Å². The monoisotopic (exact) mass is 184 g/mol. The summed E-state index contributed by atoms with van der Waals surface area (Å²) in [5.41, 5.74) is -0.624. The zero-order valence-electron chi connectivity index (χ0n) is 6.80. The number of rotatable bonds is 2. The van der Waals surface area contributed by atoms with Crippen LogP contribution in [0.25, 0.3) is 0 Å². The molecule has 0 heterocycles. The van der Waals surface area contributed by atoms with Crippen LogP contribution in [0.1, 0.15) is 27.6 Å². The number of ketones is 1. The van der Waals surface area contributed by atoms with Crippen LogP contribution >= 0.6 is 0 Å². The molecule has 0 spiro atoms. The molecule has 1 rings (SSSR count). The van der Waals surface area contributed by atoms with E-state index in [2.05, 4.69) is 0 Å². The molecular weight excluding hydrogens is 178 g/mol. The average molecular weight is 184 g/mol. The predicted octanol–water partition coefficient (Wildman–Crippen LogP) is 1.98. The second-order valence-corrected chi connectivity index (χ2v) is 2.52. The van der Waals surface area contributed by atoms with Gasteiger partial charge in [0.15, 0.2) is 12.1 Å². The van der Waals surface area contributed by atoms with Crippen LogP contribution in [0.4, 0.5) is 8.78 Å². The maximum Gasteiger partial charge on any atom is 0.160 e. The molecule has 0 saturated carbocycles. The molecule has 0 radical (unpaired) electrons. The average Bonchev–Trinajstić information content (AvgIpc) is 2.02. The van der Waals surface area contributed by atoms with Crippen LogP contribution in [-0.2, 0) is 0 Å². The molecule has 1 aromatic carbocycles. The highest BCUT2D eigenvalue weighted by Crippen LogP contribution is 2.14. The largest absolute Gasteiger partial charge is 0.298 e. The van der Waals surface area contributed by atoms with Crippen molar-refractivity contribution < 1.29 is 18.4 Å². The van der Waals surface area contributed by atoms with E-state index in [1.54, 1.807) is 0 Å². The third-order valence-electron chi connectivity index (χ3n) is 1.59. The summed E-state index contributed by atoms with van der Waals surface area (Å²) >= 11 is 0. The van der Waals surface area contributed by atoms with Crippen LogP contribution in [0.5, 0.6) is 0 Å². The Morgan fingerprint density at radius 3 is 2.46 bits per heavy atom. The molecule has 0 atom stereocenters. The molecule has 0 aliphatic carbocycles. The van der Waals surface area contributed by atoms with Crippen LogP contribution in [0, 0.1) is 11.6 Å². The van der Waals surface area contributed by atoms with E-state index in [-0.39, 0.29) is 11.8 Å². The third-order valence-corrected chi connectivity index (χ3v) is 1.59. The van der Waals surface area contributed by atoms with Crippen LogP contribution < -0.4 is 0 Å². The van der Waals surface area contributed by atoms with Gasteiger partial charge in [0.2, 0.25) is 0 Å².